The molecule has 0 atom stereocenters. The summed E-state index contributed by atoms with van der Waals surface area (Å²) in [5, 5.41) is 3.32. The number of rotatable bonds is 8. The molecule has 1 aromatic rings. The van der Waals surface area contributed by atoms with Gasteiger partial charge < -0.3 is 14.4 Å². The molecule has 0 aliphatic carbocycles. The van der Waals surface area contributed by atoms with Crippen LogP contribution in [0.25, 0.3) is 0 Å². The van der Waals surface area contributed by atoms with E-state index in [1.807, 2.05) is 45.0 Å². The molecule has 0 heterocycles. The maximum atomic E-state index is 11.9. The van der Waals surface area contributed by atoms with Crippen LogP contribution in [0.5, 0.6) is 0 Å². The smallest absolute Gasteiger partial charge is 0.248 e. The number of carbonyl (C=O) groups excluding carboxylic acids is 1. The Morgan fingerprint density at radius 1 is 1.21 bits per heavy atom. The SMILES string of the molecule is CCOP(=S)(OCC)SCC(=O)NNC(=S)Nc1ccccc1C. The number of para-hydroxylation sites is 1. The van der Waals surface area contributed by atoms with Gasteiger partial charge in [0, 0.05) is 5.69 Å². The fourth-order valence-electron chi connectivity index (χ4n) is 1.59. The van der Waals surface area contributed by atoms with Gasteiger partial charge in [0.15, 0.2) is 5.11 Å². The van der Waals surface area contributed by atoms with Crippen molar-refractivity contribution in [1.29, 1.82) is 0 Å². The Bertz CT molecular complexity index is 606. The van der Waals surface area contributed by atoms with E-state index < -0.39 is 5.69 Å². The van der Waals surface area contributed by atoms with E-state index >= 15 is 0 Å². The number of amides is 1. The van der Waals surface area contributed by atoms with E-state index in [0.29, 0.717) is 18.3 Å². The van der Waals surface area contributed by atoms with Gasteiger partial charge in [0.25, 0.3) is 0 Å². The van der Waals surface area contributed by atoms with Crippen molar-refractivity contribution in [3.05, 3.63) is 29.8 Å². The molecule has 0 radical (unpaired) electrons. The summed E-state index contributed by atoms with van der Waals surface area (Å²) in [6.07, 6.45) is 0. The molecule has 24 heavy (non-hydrogen) atoms. The number of thiocarbonyl (C=S) groups is 1. The molecular weight excluding hydrogens is 385 g/mol. The highest BCUT2D eigenvalue weighted by Crippen LogP contribution is 2.60. The molecule has 0 bridgehead atoms. The third-order valence-electron chi connectivity index (χ3n) is 2.64. The molecule has 134 valence electrons. The first kappa shape index (κ1) is 21.3. The third kappa shape index (κ3) is 7.92. The number of aryl methyl sites for hydroxylation is 1. The van der Waals surface area contributed by atoms with Crippen LogP contribution in [0.2, 0.25) is 0 Å². The second-order valence-corrected chi connectivity index (χ2v) is 11.2. The van der Waals surface area contributed by atoms with Crippen LogP contribution in [-0.4, -0.2) is 30.0 Å². The van der Waals surface area contributed by atoms with Gasteiger partial charge >= 0.3 is 0 Å². The van der Waals surface area contributed by atoms with Crippen LogP contribution in [0.15, 0.2) is 24.3 Å². The van der Waals surface area contributed by atoms with Crippen LogP contribution >= 0.6 is 29.3 Å². The lowest BCUT2D eigenvalue weighted by Gasteiger charge is -2.19. The van der Waals surface area contributed by atoms with E-state index in [9.17, 15) is 4.79 Å². The molecule has 0 aliphatic heterocycles. The van der Waals surface area contributed by atoms with E-state index in [1.54, 1.807) is 0 Å². The van der Waals surface area contributed by atoms with Crippen molar-refractivity contribution in [3.63, 3.8) is 0 Å². The molecule has 10 heteroatoms. The number of anilines is 1. The largest absolute Gasteiger partial charge is 0.331 e. The maximum absolute atomic E-state index is 11.9. The van der Waals surface area contributed by atoms with E-state index in [4.69, 9.17) is 33.1 Å². The topological polar surface area (TPSA) is 71.6 Å². The molecule has 0 spiro atoms. The van der Waals surface area contributed by atoms with Crippen LogP contribution in [0, 0.1) is 6.92 Å². The normalized spacial score (nSPS) is 11.0. The van der Waals surface area contributed by atoms with Gasteiger partial charge in [-0.1, -0.05) is 29.6 Å². The summed E-state index contributed by atoms with van der Waals surface area (Å²) < 4.78 is 10.9. The van der Waals surface area contributed by atoms with Gasteiger partial charge in [-0.3, -0.25) is 15.6 Å². The summed E-state index contributed by atoms with van der Waals surface area (Å²) in [5.74, 6) is -0.139. The number of hydrogen-bond donors (Lipinski definition) is 3. The lowest BCUT2D eigenvalue weighted by molar-refractivity contribution is -0.119. The van der Waals surface area contributed by atoms with Crippen LogP contribution < -0.4 is 16.2 Å². The molecule has 1 rings (SSSR count). The fraction of sp³-hybridized carbons (Fsp3) is 0.429. The zero-order valence-electron chi connectivity index (χ0n) is 13.8. The van der Waals surface area contributed by atoms with Crippen molar-refractivity contribution >= 4 is 57.8 Å². The zero-order valence-corrected chi connectivity index (χ0v) is 17.2. The minimum atomic E-state index is -2.47. The molecule has 0 unspecified atom stereocenters. The molecule has 0 fully saturated rings. The minimum Gasteiger partial charge on any atom is -0.331 e. The fourth-order valence-corrected chi connectivity index (χ4v) is 5.97. The summed E-state index contributed by atoms with van der Waals surface area (Å²) in [6, 6.07) is 7.72. The Morgan fingerprint density at radius 2 is 1.83 bits per heavy atom. The Kier molecular flexibility index (Phi) is 9.80. The maximum Gasteiger partial charge on any atom is 0.248 e. The predicted octanol–water partition coefficient (Wildman–Crippen LogP) is 3.34. The van der Waals surface area contributed by atoms with Crippen LogP contribution in [-0.2, 0) is 25.6 Å². The molecule has 0 saturated carbocycles. The number of benzene rings is 1. The first-order chi connectivity index (χ1) is 11.4. The lowest BCUT2D eigenvalue weighted by atomic mass is 10.2. The average molecular weight is 408 g/mol. The highest BCUT2D eigenvalue weighted by atomic mass is 32.9. The molecule has 0 saturated heterocycles. The van der Waals surface area contributed by atoms with Gasteiger partial charge in [0.1, 0.15) is 0 Å². The predicted molar refractivity (Wildman–Crippen MR) is 109 cm³/mol. The number of hydrogen-bond acceptors (Lipinski definition) is 6. The van der Waals surface area contributed by atoms with Crippen molar-refractivity contribution in [2.24, 2.45) is 0 Å². The molecule has 1 aromatic carbocycles. The van der Waals surface area contributed by atoms with E-state index in [1.165, 1.54) is 11.4 Å². The van der Waals surface area contributed by atoms with Crippen LogP contribution in [0.4, 0.5) is 5.69 Å². The summed E-state index contributed by atoms with van der Waals surface area (Å²) in [7, 11) is 0. The molecule has 0 aliphatic rings. The van der Waals surface area contributed by atoms with Gasteiger partial charge in [-0.05, 0) is 56.4 Å². The van der Waals surface area contributed by atoms with E-state index in [2.05, 4.69) is 16.2 Å². The van der Waals surface area contributed by atoms with Crippen LogP contribution in [0.1, 0.15) is 19.4 Å². The second kappa shape index (κ2) is 11.0. The van der Waals surface area contributed by atoms with Gasteiger partial charge in [-0.25, -0.2) is 0 Å². The van der Waals surface area contributed by atoms with Crippen molar-refractivity contribution in [3.8, 4) is 0 Å². The Morgan fingerprint density at radius 3 is 2.42 bits per heavy atom. The van der Waals surface area contributed by atoms with Crippen molar-refractivity contribution in [1.82, 2.24) is 10.9 Å². The highest BCUT2D eigenvalue weighted by molar-refractivity contribution is 8.68. The summed E-state index contributed by atoms with van der Waals surface area (Å²) >= 11 is 11.7. The molecule has 3 N–H and O–H groups in total. The van der Waals surface area contributed by atoms with Gasteiger partial charge in [0.05, 0.1) is 19.0 Å². The first-order valence-corrected chi connectivity index (χ1v) is 12.0. The third-order valence-corrected chi connectivity index (χ3v) is 8.25. The van der Waals surface area contributed by atoms with E-state index in [-0.39, 0.29) is 11.7 Å². The number of hydrazine groups is 1. The molecule has 1 amide bonds. The molecule has 6 nitrogen and oxygen atoms in total. The van der Waals surface area contributed by atoms with Crippen molar-refractivity contribution in [2.75, 3.05) is 24.3 Å². The Hall–Kier alpha value is -0.700. The summed E-state index contributed by atoms with van der Waals surface area (Å²) in [6.45, 7) is 6.56. The number of nitrogens with one attached hydrogen (secondary N) is 3. The molecular formula is C14H22N3O3PS3. The van der Waals surface area contributed by atoms with Gasteiger partial charge in [0.2, 0.25) is 11.6 Å². The Balaban J connectivity index is 2.39. The van der Waals surface area contributed by atoms with Crippen LogP contribution in [0.3, 0.4) is 0 Å². The quantitative estimate of drug-likeness (QED) is 0.344. The zero-order chi connectivity index (χ0) is 18.0. The van der Waals surface area contributed by atoms with Crippen molar-refractivity contribution < 1.29 is 13.8 Å². The standard InChI is InChI=1S/C14H22N3O3PS3/c1-4-19-21(23,20-5-2)24-10-13(18)16-17-14(22)15-12-9-7-6-8-11(12)3/h6-9H,4-5,10H2,1-3H3,(H,16,18)(H2,15,17,22). The second-order valence-electron chi connectivity index (χ2n) is 4.50. The molecule has 0 aromatic heterocycles. The number of carbonyl (C=O) groups is 1. The monoisotopic (exact) mass is 407 g/mol. The van der Waals surface area contributed by atoms with E-state index in [0.717, 1.165) is 11.3 Å². The minimum absolute atomic E-state index is 0.122. The van der Waals surface area contributed by atoms with Crippen molar-refractivity contribution in [2.45, 2.75) is 20.8 Å². The average Bonchev–Trinajstić information content (AvgIpc) is 2.54. The first-order valence-electron chi connectivity index (χ1n) is 7.35. The summed E-state index contributed by atoms with van der Waals surface area (Å²) in [4.78, 5) is 11.9. The highest BCUT2D eigenvalue weighted by Gasteiger charge is 2.20. The lowest BCUT2D eigenvalue weighted by Crippen LogP contribution is -2.44. The summed E-state index contributed by atoms with van der Waals surface area (Å²) in [5.41, 5.74) is 4.65. The van der Waals surface area contributed by atoms with Gasteiger partial charge in [-0.2, -0.15) is 0 Å². The Labute approximate surface area is 157 Å². The van der Waals surface area contributed by atoms with Gasteiger partial charge in [-0.15, -0.1) is 0 Å².